The third kappa shape index (κ3) is 2.29. The Bertz CT molecular complexity index is 123. The summed E-state index contributed by atoms with van der Waals surface area (Å²) in [6.45, 7) is 9.10. The molecule has 0 N–H and O–H groups in total. The van der Waals surface area contributed by atoms with Crippen molar-refractivity contribution in [1.82, 2.24) is 4.90 Å². The first-order valence-corrected chi connectivity index (χ1v) is 3.70. The van der Waals surface area contributed by atoms with Gasteiger partial charge in [-0.1, -0.05) is 0 Å². The first-order valence-electron chi connectivity index (χ1n) is 3.70. The van der Waals surface area contributed by atoms with Crippen LogP contribution in [0, 0.1) is 0 Å². The highest BCUT2D eigenvalue weighted by atomic mass is 79.9. The molecule has 1 aliphatic heterocycles. The zero-order valence-corrected chi connectivity index (χ0v) is 8.26. The van der Waals surface area contributed by atoms with Crippen LogP contribution in [-0.2, 0) is 0 Å². The molecule has 0 unspecified atom stereocenters. The largest absolute Gasteiger partial charge is 1.00 e. The number of halogens is 1. The van der Waals surface area contributed by atoms with E-state index in [-0.39, 0.29) is 17.0 Å². The fourth-order valence-corrected chi connectivity index (χ4v) is 1.08. The Morgan fingerprint density at radius 3 is 2.50 bits per heavy atom. The molecular formula is C7H15BrN2. The fourth-order valence-electron chi connectivity index (χ4n) is 1.08. The van der Waals surface area contributed by atoms with Gasteiger partial charge < -0.3 is 17.0 Å². The SMILES string of the molecule is CCN1C=[N+](CC)CC1.[Br-]. The quantitative estimate of drug-likeness (QED) is 0.450. The van der Waals surface area contributed by atoms with E-state index >= 15 is 0 Å². The second-order valence-electron chi connectivity index (χ2n) is 2.37. The summed E-state index contributed by atoms with van der Waals surface area (Å²) in [4.78, 5) is 2.34. The lowest BCUT2D eigenvalue weighted by molar-refractivity contribution is -0.510. The van der Waals surface area contributed by atoms with Gasteiger partial charge in [0.05, 0.1) is 13.1 Å². The van der Waals surface area contributed by atoms with Crippen LogP contribution < -0.4 is 17.0 Å². The summed E-state index contributed by atoms with van der Waals surface area (Å²) in [5.41, 5.74) is 0. The van der Waals surface area contributed by atoms with Gasteiger partial charge in [-0.15, -0.1) is 0 Å². The highest BCUT2D eigenvalue weighted by molar-refractivity contribution is 5.50. The normalized spacial score (nSPS) is 16.6. The molecule has 0 amide bonds. The molecule has 0 atom stereocenters. The Morgan fingerprint density at radius 1 is 1.50 bits per heavy atom. The van der Waals surface area contributed by atoms with Crippen molar-refractivity contribution in [1.29, 1.82) is 0 Å². The number of hydrogen-bond acceptors (Lipinski definition) is 1. The second-order valence-corrected chi connectivity index (χ2v) is 2.37. The predicted octanol–water partition coefficient (Wildman–Crippen LogP) is -2.61. The number of likely N-dealkylation sites (N-methyl/N-ethyl adjacent to an activating group) is 2. The van der Waals surface area contributed by atoms with Crippen LogP contribution in [0.2, 0.25) is 0 Å². The molecule has 0 aromatic rings. The number of nitrogens with zero attached hydrogens (tertiary/aromatic N) is 2. The van der Waals surface area contributed by atoms with Crippen LogP contribution in [0.1, 0.15) is 13.8 Å². The van der Waals surface area contributed by atoms with Crippen LogP contribution in [0.25, 0.3) is 0 Å². The minimum atomic E-state index is 0. The Kier molecular flexibility index (Phi) is 4.69. The molecule has 0 aromatic heterocycles. The van der Waals surface area contributed by atoms with Crippen LogP contribution in [-0.4, -0.2) is 42.0 Å². The third-order valence-corrected chi connectivity index (χ3v) is 1.81. The van der Waals surface area contributed by atoms with Crippen LogP contribution in [0.15, 0.2) is 0 Å². The maximum Gasteiger partial charge on any atom is 0.234 e. The van der Waals surface area contributed by atoms with Gasteiger partial charge in [0.15, 0.2) is 0 Å². The van der Waals surface area contributed by atoms with Crippen molar-refractivity contribution in [2.24, 2.45) is 0 Å². The molecule has 0 saturated heterocycles. The molecule has 0 spiro atoms. The maximum absolute atomic E-state index is 2.34. The summed E-state index contributed by atoms with van der Waals surface area (Å²) >= 11 is 0. The van der Waals surface area contributed by atoms with E-state index in [0.29, 0.717) is 0 Å². The molecule has 2 nitrogen and oxygen atoms in total. The van der Waals surface area contributed by atoms with Gasteiger partial charge in [0.1, 0.15) is 13.1 Å². The van der Waals surface area contributed by atoms with Gasteiger partial charge >= 0.3 is 0 Å². The van der Waals surface area contributed by atoms with Crippen molar-refractivity contribution in [2.45, 2.75) is 13.8 Å². The summed E-state index contributed by atoms with van der Waals surface area (Å²) < 4.78 is 2.34. The van der Waals surface area contributed by atoms with Gasteiger partial charge in [0.25, 0.3) is 0 Å². The molecule has 0 aliphatic carbocycles. The lowest BCUT2D eigenvalue weighted by Gasteiger charge is -1.98. The zero-order chi connectivity index (χ0) is 6.69. The van der Waals surface area contributed by atoms with E-state index in [1.165, 1.54) is 13.1 Å². The fraction of sp³-hybridized carbons (Fsp3) is 0.857. The molecule has 1 heterocycles. The molecule has 0 radical (unpaired) electrons. The van der Waals surface area contributed by atoms with Crippen LogP contribution in [0.3, 0.4) is 0 Å². The molecule has 0 fully saturated rings. The van der Waals surface area contributed by atoms with E-state index in [1.54, 1.807) is 0 Å². The highest BCUT2D eigenvalue weighted by Crippen LogP contribution is 1.91. The summed E-state index contributed by atoms with van der Waals surface area (Å²) in [6, 6.07) is 0. The summed E-state index contributed by atoms with van der Waals surface area (Å²) in [6.07, 6.45) is 2.22. The van der Waals surface area contributed by atoms with E-state index in [9.17, 15) is 0 Å². The lowest BCUT2D eigenvalue weighted by Crippen LogP contribution is -3.00. The molecule has 1 rings (SSSR count). The number of hydrogen-bond donors (Lipinski definition) is 0. The van der Waals surface area contributed by atoms with Gasteiger partial charge in [0.2, 0.25) is 6.34 Å². The molecule has 0 bridgehead atoms. The van der Waals surface area contributed by atoms with E-state index in [0.717, 1.165) is 13.1 Å². The van der Waals surface area contributed by atoms with E-state index in [2.05, 4.69) is 29.7 Å². The molecular weight excluding hydrogens is 192 g/mol. The van der Waals surface area contributed by atoms with Crippen molar-refractivity contribution in [3.63, 3.8) is 0 Å². The molecule has 0 saturated carbocycles. The monoisotopic (exact) mass is 206 g/mol. The molecule has 10 heavy (non-hydrogen) atoms. The van der Waals surface area contributed by atoms with Crippen LogP contribution in [0.4, 0.5) is 0 Å². The average molecular weight is 207 g/mol. The Morgan fingerprint density at radius 2 is 2.20 bits per heavy atom. The number of rotatable bonds is 2. The highest BCUT2D eigenvalue weighted by Gasteiger charge is 2.14. The van der Waals surface area contributed by atoms with E-state index < -0.39 is 0 Å². The van der Waals surface area contributed by atoms with Crippen LogP contribution >= 0.6 is 0 Å². The topological polar surface area (TPSA) is 6.25 Å². The summed E-state index contributed by atoms with van der Waals surface area (Å²) in [7, 11) is 0. The van der Waals surface area contributed by atoms with Gasteiger partial charge in [0, 0.05) is 0 Å². The van der Waals surface area contributed by atoms with E-state index in [1.807, 2.05) is 0 Å². The summed E-state index contributed by atoms with van der Waals surface area (Å²) in [5, 5.41) is 0. The second kappa shape index (κ2) is 4.72. The minimum absolute atomic E-state index is 0. The Balaban J connectivity index is 0.000000810. The zero-order valence-electron chi connectivity index (χ0n) is 6.68. The first kappa shape index (κ1) is 9.95. The van der Waals surface area contributed by atoms with Crippen LogP contribution in [0.5, 0.6) is 0 Å². The van der Waals surface area contributed by atoms with Crippen molar-refractivity contribution < 1.29 is 21.6 Å². The molecule has 1 aliphatic rings. The van der Waals surface area contributed by atoms with Gasteiger partial charge in [-0.25, -0.2) is 0 Å². The average Bonchev–Trinajstić information content (AvgIpc) is 2.34. The van der Waals surface area contributed by atoms with Crippen molar-refractivity contribution >= 4 is 6.34 Å². The molecule has 60 valence electrons. The maximum atomic E-state index is 2.34. The van der Waals surface area contributed by atoms with Gasteiger partial charge in [-0.3, -0.25) is 9.48 Å². The predicted molar refractivity (Wildman–Crippen MR) is 39.0 cm³/mol. The standard InChI is InChI=1S/C7H15N2.BrH/c1-3-8-5-6-9(4-2)7-8;/h7H,3-6H2,1-2H3;1H/q+1;/p-1. The lowest BCUT2D eigenvalue weighted by atomic mass is 10.5. The third-order valence-electron chi connectivity index (χ3n) is 1.81. The molecule has 0 aromatic carbocycles. The minimum Gasteiger partial charge on any atom is -1.00 e. The molecule has 3 heteroatoms. The Hall–Kier alpha value is -0.0500. The van der Waals surface area contributed by atoms with Crippen molar-refractivity contribution in [3.05, 3.63) is 0 Å². The van der Waals surface area contributed by atoms with Gasteiger partial charge in [-0.2, -0.15) is 0 Å². The van der Waals surface area contributed by atoms with Crippen molar-refractivity contribution in [2.75, 3.05) is 26.2 Å². The van der Waals surface area contributed by atoms with Crippen molar-refractivity contribution in [3.8, 4) is 0 Å². The smallest absolute Gasteiger partial charge is 0.234 e. The first-order chi connectivity index (χ1) is 4.36. The summed E-state index contributed by atoms with van der Waals surface area (Å²) in [5.74, 6) is 0. The van der Waals surface area contributed by atoms with Gasteiger partial charge in [-0.05, 0) is 13.8 Å². The van der Waals surface area contributed by atoms with E-state index in [4.69, 9.17) is 0 Å². The Labute approximate surface area is 73.3 Å².